The van der Waals surface area contributed by atoms with Crippen LogP contribution >= 0.6 is 11.6 Å². The predicted molar refractivity (Wildman–Crippen MR) is 129 cm³/mol. The SMILES string of the molecule is Cc1ccc(NC(=O)COc2ccc(/C=C(\C#N)C(=O)NCc3ccccc3)cc2)cc1Cl. The highest BCUT2D eigenvalue weighted by atomic mass is 35.5. The average molecular weight is 460 g/mol. The molecule has 2 N–H and O–H groups in total. The molecule has 0 saturated heterocycles. The van der Waals surface area contributed by atoms with Crippen LogP contribution in [-0.4, -0.2) is 18.4 Å². The second kappa shape index (κ2) is 11.5. The van der Waals surface area contributed by atoms with Crippen LogP contribution in [0, 0.1) is 18.3 Å². The lowest BCUT2D eigenvalue weighted by Crippen LogP contribution is -2.23. The third-order valence-corrected chi connectivity index (χ3v) is 5.08. The first-order valence-corrected chi connectivity index (χ1v) is 10.5. The Hall–Kier alpha value is -4.08. The Labute approximate surface area is 197 Å². The first-order chi connectivity index (χ1) is 15.9. The van der Waals surface area contributed by atoms with Crippen LogP contribution < -0.4 is 15.4 Å². The zero-order chi connectivity index (χ0) is 23.6. The molecule has 0 saturated carbocycles. The summed E-state index contributed by atoms with van der Waals surface area (Å²) < 4.78 is 5.51. The third-order valence-electron chi connectivity index (χ3n) is 4.68. The Kier molecular flexibility index (Phi) is 8.23. The molecule has 0 aliphatic rings. The molecule has 0 unspecified atom stereocenters. The molecule has 6 nitrogen and oxygen atoms in total. The minimum absolute atomic E-state index is 0.00395. The number of carbonyl (C=O) groups excluding carboxylic acids is 2. The highest BCUT2D eigenvalue weighted by molar-refractivity contribution is 6.31. The molecule has 7 heteroatoms. The van der Waals surface area contributed by atoms with Crippen LogP contribution in [0.1, 0.15) is 16.7 Å². The first-order valence-electron chi connectivity index (χ1n) is 10.2. The van der Waals surface area contributed by atoms with Gasteiger partial charge in [0.25, 0.3) is 11.8 Å². The molecule has 0 aliphatic heterocycles. The van der Waals surface area contributed by atoms with Crippen molar-refractivity contribution in [2.45, 2.75) is 13.5 Å². The summed E-state index contributed by atoms with van der Waals surface area (Å²) >= 11 is 6.06. The molecule has 0 radical (unpaired) electrons. The van der Waals surface area contributed by atoms with E-state index in [1.54, 1.807) is 36.4 Å². The van der Waals surface area contributed by atoms with E-state index in [1.807, 2.05) is 49.4 Å². The van der Waals surface area contributed by atoms with E-state index in [4.69, 9.17) is 16.3 Å². The Balaban J connectivity index is 1.53. The zero-order valence-electron chi connectivity index (χ0n) is 18.0. The Morgan fingerprint density at radius 2 is 1.79 bits per heavy atom. The highest BCUT2D eigenvalue weighted by Gasteiger charge is 2.09. The molecule has 33 heavy (non-hydrogen) atoms. The van der Waals surface area contributed by atoms with Crippen LogP contribution in [0.2, 0.25) is 5.02 Å². The smallest absolute Gasteiger partial charge is 0.262 e. The van der Waals surface area contributed by atoms with Gasteiger partial charge in [0.1, 0.15) is 17.4 Å². The summed E-state index contributed by atoms with van der Waals surface area (Å²) in [5.74, 6) is -0.286. The van der Waals surface area contributed by atoms with Crippen molar-refractivity contribution < 1.29 is 14.3 Å². The van der Waals surface area contributed by atoms with Gasteiger partial charge in [0.2, 0.25) is 0 Å². The number of nitrogens with zero attached hydrogens (tertiary/aromatic N) is 1. The molecule has 0 spiro atoms. The quantitative estimate of drug-likeness (QED) is 0.370. The van der Waals surface area contributed by atoms with E-state index in [9.17, 15) is 14.9 Å². The van der Waals surface area contributed by atoms with E-state index < -0.39 is 5.91 Å². The summed E-state index contributed by atoms with van der Waals surface area (Å²) in [7, 11) is 0. The minimum Gasteiger partial charge on any atom is -0.484 e. The fourth-order valence-electron chi connectivity index (χ4n) is 2.87. The van der Waals surface area contributed by atoms with Gasteiger partial charge in [-0.1, -0.05) is 60.1 Å². The van der Waals surface area contributed by atoms with E-state index in [0.717, 1.165) is 11.1 Å². The van der Waals surface area contributed by atoms with E-state index in [-0.39, 0.29) is 18.1 Å². The lowest BCUT2D eigenvalue weighted by atomic mass is 10.1. The first kappa shape index (κ1) is 23.6. The number of amides is 2. The molecular formula is C26H22ClN3O3. The summed E-state index contributed by atoms with van der Waals surface area (Å²) in [6.07, 6.45) is 1.50. The van der Waals surface area contributed by atoms with Crippen LogP contribution in [0.5, 0.6) is 5.75 Å². The monoisotopic (exact) mass is 459 g/mol. The summed E-state index contributed by atoms with van der Waals surface area (Å²) in [5.41, 5.74) is 3.12. The molecule has 166 valence electrons. The second-order valence-electron chi connectivity index (χ2n) is 7.21. The molecule has 3 aromatic carbocycles. The number of hydrogen-bond donors (Lipinski definition) is 2. The third kappa shape index (κ3) is 7.23. The van der Waals surface area contributed by atoms with Crippen LogP contribution in [0.4, 0.5) is 5.69 Å². The standard InChI is InChI=1S/C26H22ClN3O3/c1-18-7-10-22(14-24(18)27)30-25(31)17-33-23-11-8-19(9-12-23)13-21(15-28)26(32)29-16-20-5-3-2-4-6-20/h2-14H,16-17H2,1H3,(H,29,32)(H,30,31)/b21-13+. The molecule has 0 aromatic heterocycles. The van der Waals surface area contributed by atoms with Crippen LogP contribution in [0.25, 0.3) is 6.08 Å². The van der Waals surface area contributed by atoms with Crippen molar-refractivity contribution in [1.82, 2.24) is 5.32 Å². The van der Waals surface area contributed by atoms with Crippen LogP contribution in [0.15, 0.2) is 78.4 Å². The molecule has 0 bridgehead atoms. The lowest BCUT2D eigenvalue weighted by molar-refractivity contribution is -0.118. The number of halogens is 1. The zero-order valence-corrected chi connectivity index (χ0v) is 18.7. The topological polar surface area (TPSA) is 91.2 Å². The van der Waals surface area contributed by atoms with Crippen LogP contribution in [-0.2, 0) is 16.1 Å². The number of nitrogens with one attached hydrogen (secondary N) is 2. The average Bonchev–Trinajstić information content (AvgIpc) is 2.83. The molecule has 0 fully saturated rings. The fraction of sp³-hybridized carbons (Fsp3) is 0.115. The fourth-order valence-corrected chi connectivity index (χ4v) is 3.05. The van der Waals surface area contributed by atoms with Gasteiger partial charge >= 0.3 is 0 Å². The van der Waals surface area contributed by atoms with Gasteiger partial charge < -0.3 is 15.4 Å². The van der Waals surface area contributed by atoms with Crippen LogP contribution in [0.3, 0.4) is 0 Å². The normalized spacial score (nSPS) is 10.8. The van der Waals surface area contributed by atoms with Crippen molar-refractivity contribution in [2.75, 3.05) is 11.9 Å². The van der Waals surface area contributed by atoms with Gasteiger partial charge in [0.05, 0.1) is 0 Å². The summed E-state index contributed by atoms with van der Waals surface area (Å²) in [5, 5.41) is 15.4. The minimum atomic E-state index is -0.449. The molecule has 0 atom stereocenters. The summed E-state index contributed by atoms with van der Waals surface area (Å²) in [6, 6.07) is 23.4. The largest absolute Gasteiger partial charge is 0.484 e. The molecule has 0 aliphatic carbocycles. The number of ether oxygens (including phenoxy) is 1. The van der Waals surface area contributed by atoms with E-state index in [0.29, 0.717) is 28.6 Å². The maximum Gasteiger partial charge on any atom is 0.262 e. The van der Waals surface area contributed by atoms with E-state index >= 15 is 0 Å². The molecule has 0 heterocycles. The van der Waals surface area contributed by atoms with Gasteiger partial charge in [0, 0.05) is 17.3 Å². The molecule has 3 rings (SSSR count). The number of benzene rings is 3. The summed E-state index contributed by atoms with van der Waals surface area (Å²) in [6.45, 7) is 2.04. The van der Waals surface area contributed by atoms with Gasteiger partial charge in [-0.3, -0.25) is 9.59 Å². The van der Waals surface area contributed by atoms with Gasteiger partial charge in [-0.25, -0.2) is 0 Å². The van der Waals surface area contributed by atoms with Crippen molar-refractivity contribution in [3.05, 3.63) is 100 Å². The Morgan fingerprint density at radius 3 is 2.45 bits per heavy atom. The van der Waals surface area contributed by atoms with Crippen molar-refractivity contribution in [3.8, 4) is 11.8 Å². The molecule has 3 aromatic rings. The summed E-state index contributed by atoms with van der Waals surface area (Å²) in [4.78, 5) is 24.4. The van der Waals surface area contributed by atoms with E-state index in [1.165, 1.54) is 6.08 Å². The number of aryl methyl sites for hydroxylation is 1. The maximum absolute atomic E-state index is 12.3. The highest BCUT2D eigenvalue weighted by Crippen LogP contribution is 2.20. The van der Waals surface area contributed by atoms with Gasteiger partial charge in [-0.2, -0.15) is 5.26 Å². The van der Waals surface area contributed by atoms with Crippen molar-refractivity contribution >= 4 is 35.2 Å². The Bertz CT molecular complexity index is 1200. The number of hydrogen-bond acceptors (Lipinski definition) is 4. The second-order valence-corrected chi connectivity index (χ2v) is 7.62. The van der Waals surface area contributed by atoms with E-state index in [2.05, 4.69) is 10.6 Å². The van der Waals surface area contributed by atoms with Crippen molar-refractivity contribution in [3.63, 3.8) is 0 Å². The van der Waals surface area contributed by atoms with Crippen molar-refractivity contribution in [1.29, 1.82) is 5.26 Å². The predicted octanol–water partition coefficient (Wildman–Crippen LogP) is 4.89. The van der Waals surface area contributed by atoms with Gasteiger partial charge in [-0.05, 0) is 54.0 Å². The number of carbonyl (C=O) groups is 2. The maximum atomic E-state index is 12.3. The number of rotatable bonds is 8. The molecule has 2 amide bonds. The number of nitriles is 1. The van der Waals surface area contributed by atoms with Gasteiger partial charge in [0.15, 0.2) is 6.61 Å². The van der Waals surface area contributed by atoms with Crippen molar-refractivity contribution in [2.24, 2.45) is 0 Å². The molecular weight excluding hydrogens is 438 g/mol. The Morgan fingerprint density at radius 1 is 1.06 bits per heavy atom. The lowest BCUT2D eigenvalue weighted by Gasteiger charge is -2.09. The number of anilines is 1. The van der Waals surface area contributed by atoms with Gasteiger partial charge in [-0.15, -0.1) is 0 Å².